The third-order valence-electron chi connectivity index (χ3n) is 2.51. The minimum Gasteiger partial charge on any atom is -0.368 e. The zero-order valence-electron chi connectivity index (χ0n) is 11.4. The number of nitrogens with two attached hydrogens (primary N) is 2. The number of aromatic nitrogens is 3. The van der Waals surface area contributed by atoms with Gasteiger partial charge in [-0.1, -0.05) is 41.0 Å². The van der Waals surface area contributed by atoms with E-state index in [2.05, 4.69) is 20.3 Å². The van der Waals surface area contributed by atoms with Gasteiger partial charge in [-0.3, -0.25) is 4.79 Å². The molecular formula is C12H12Cl2N6OS. The Kier molecular flexibility index (Phi) is 5.28. The normalized spacial score (nSPS) is 12.0. The molecule has 1 aromatic carbocycles. The first-order valence-corrected chi connectivity index (χ1v) is 7.69. The number of thioether (sulfide) groups is 1. The van der Waals surface area contributed by atoms with Crippen molar-refractivity contribution in [3.63, 3.8) is 0 Å². The zero-order valence-corrected chi connectivity index (χ0v) is 13.7. The summed E-state index contributed by atoms with van der Waals surface area (Å²) in [5.41, 5.74) is 11.3. The van der Waals surface area contributed by atoms with Crippen LogP contribution >= 0.6 is 35.0 Å². The second-order valence-corrected chi connectivity index (χ2v) is 6.30. The highest BCUT2D eigenvalue weighted by Gasteiger charge is 2.19. The molecule has 1 atom stereocenters. The first-order valence-electron chi connectivity index (χ1n) is 6.05. The fourth-order valence-corrected chi connectivity index (χ4v) is 2.76. The number of rotatable bonds is 4. The number of nitrogens with zero attached hydrogens (tertiary/aromatic N) is 3. The molecule has 0 saturated heterocycles. The Balaban J connectivity index is 2.09. The highest BCUT2D eigenvalue weighted by molar-refractivity contribution is 8.00. The fourth-order valence-electron chi connectivity index (χ4n) is 1.49. The van der Waals surface area contributed by atoms with Crippen LogP contribution < -0.4 is 16.8 Å². The van der Waals surface area contributed by atoms with E-state index in [1.807, 2.05) is 0 Å². The van der Waals surface area contributed by atoms with Gasteiger partial charge < -0.3 is 16.8 Å². The molecule has 5 N–H and O–H groups in total. The molecule has 0 aliphatic carbocycles. The summed E-state index contributed by atoms with van der Waals surface area (Å²) in [4.78, 5) is 23.7. The first-order chi connectivity index (χ1) is 10.4. The van der Waals surface area contributed by atoms with Crippen LogP contribution in [0, 0.1) is 0 Å². The second-order valence-electron chi connectivity index (χ2n) is 4.18. The van der Waals surface area contributed by atoms with Crippen molar-refractivity contribution in [1.29, 1.82) is 0 Å². The molecule has 0 aliphatic rings. The number of hydrogen-bond acceptors (Lipinski definition) is 7. The molecule has 0 aliphatic heterocycles. The van der Waals surface area contributed by atoms with Crippen LogP contribution in [0.25, 0.3) is 0 Å². The molecule has 22 heavy (non-hydrogen) atoms. The number of anilines is 3. The molecule has 0 saturated carbocycles. The third kappa shape index (κ3) is 4.12. The van der Waals surface area contributed by atoms with Gasteiger partial charge in [-0.15, -0.1) is 0 Å². The minimum atomic E-state index is -0.520. The zero-order chi connectivity index (χ0) is 16.3. The molecule has 2 aromatic rings. The van der Waals surface area contributed by atoms with Crippen LogP contribution in [0.1, 0.15) is 6.92 Å². The molecule has 116 valence electrons. The lowest BCUT2D eigenvalue weighted by molar-refractivity contribution is -0.115. The van der Waals surface area contributed by atoms with Gasteiger partial charge in [0.25, 0.3) is 0 Å². The number of benzene rings is 1. The highest BCUT2D eigenvalue weighted by Crippen LogP contribution is 2.31. The Labute approximate surface area is 140 Å². The Hall–Kier alpha value is -1.77. The first kappa shape index (κ1) is 16.6. The molecule has 1 heterocycles. The number of carbonyl (C=O) groups excluding carboxylic acids is 1. The van der Waals surface area contributed by atoms with E-state index < -0.39 is 5.25 Å². The van der Waals surface area contributed by atoms with Gasteiger partial charge in [0, 0.05) is 0 Å². The number of carbonyl (C=O) groups is 1. The van der Waals surface area contributed by atoms with E-state index in [9.17, 15) is 4.79 Å². The molecule has 7 nitrogen and oxygen atoms in total. The van der Waals surface area contributed by atoms with Gasteiger partial charge >= 0.3 is 0 Å². The Morgan fingerprint density at radius 2 is 1.73 bits per heavy atom. The van der Waals surface area contributed by atoms with Gasteiger partial charge in [-0.2, -0.15) is 15.0 Å². The molecule has 0 spiro atoms. The predicted molar refractivity (Wildman–Crippen MR) is 89.1 cm³/mol. The molecule has 2 rings (SSSR count). The van der Waals surface area contributed by atoms with Crippen molar-refractivity contribution in [2.24, 2.45) is 0 Å². The summed E-state index contributed by atoms with van der Waals surface area (Å²) in [6.07, 6.45) is 0. The van der Waals surface area contributed by atoms with Crippen LogP contribution in [-0.2, 0) is 4.79 Å². The third-order valence-corrected chi connectivity index (χ3v) is 4.10. The molecule has 1 aromatic heterocycles. The molecule has 0 radical (unpaired) electrons. The lowest BCUT2D eigenvalue weighted by Crippen LogP contribution is -2.23. The van der Waals surface area contributed by atoms with E-state index in [1.54, 1.807) is 25.1 Å². The Morgan fingerprint density at radius 3 is 2.27 bits per heavy atom. The average molecular weight is 359 g/mol. The van der Waals surface area contributed by atoms with Crippen LogP contribution in [0.2, 0.25) is 10.0 Å². The van der Waals surface area contributed by atoms with Crippen LogP contribution in [-0.4, -0.2) is 26.1 Å². The van der Waals surface area contributed by atoms with E-state index in [0.717, 1.165) is 11.8 Å². The summed E-state index contributed by atoms with van der Waals surface area (Å²) in [5.74, 6) is -0.314. The topological polar surface area (TPSA) is 120 Å². The summed E-state index contributed by atoms with van der Waals surface area (Å²) in [6.45, 7) is 1.68. The van der Waals surface area contributed by atoms with Crippen molar-refractivity contribution in [2.45, 2.75) is 17.3 Å². The summed E-state index contributed by atoms with van der Waals surface area (Å²) >= 11 is 13.1. The number of halogens is 2. The van der Waals surface area contributed by atoms with Crippen molar-refractivity contribution < 1.29 is 4.79 Å². The lowest BCUT2D eigenvalue weighted by atomic mass is 10.3. The second kappa shape index (κ2) is 6.99. The average Bonchev–Trinajstić information content (AvgIpc) is 2.41. The SMILES string of the molecule is C[C@@H](Sc1nc(N)nc(N)n1)C(=O)Nc1c(Cl)cccc1Cl. The van der Waals surface area contributed by atoms with Crippen molar-refractivity contribution in [1.82, 2.24) is 15.0 Å². The summed E-state index contributed by atoms with van der Waals surface area (Å²) < 4.78 is 0. The van der Waals surface area contributed by atoms with Crippen LogP contribution in [0.15, 0.2) is 23.4 Å². The number of amides is 1. The molecular weight excluding hydrogens is 347 g/mol. The fraction of sp³-hybridized carbons (Fsp3) is 0.167. The van der Waals surface area contributed by atoms with Gasteiger partial charge in [0.2, 0.25) is 17.8 Å². The van der Waals surface area contributed by atoms with Crippen molar-refractivity contribution in [3.05, 3.63) is 28.2 Å². The molecule has 1 amide bonds. The van der Waals surface area contributed by atoms with E-state index in [-0.39, 0.29) is 23.0 Å². The number of hydrogen-bond donors (Lipinski definition) is 3. The van der Waals surface area contributed by atoms with E-state index in [4.69, 9.17) is 34.7 Å². The maximum atomic E-state index is 12.2. The van der Waals surface area contributed by atoms with Crippen LogP contribution in [0.3, 0.4) is 0 Å². The van der Waals surface area contributed by atoms with Crippen LogP contribution in [0.4, 0.5) is 17.6 Å². The van der Waals surface area contributed by atoms with E-state index in [1.165, 1.54) is 0 Å². The maximum absolute atomic E-state index is 12.2. The molecule has 0 fully saturated rings. The molecule has 0 unspecified atom stereocenters. The van der Waals surface area contributed by atoms with Gasteiger partial charge in [0.1, 0.15) is 0 Å². The quantitative estimate of drug-likeness (QED) is 0.717. The summed E-state index contributed by atoms with van der Waals surface area (Å²) in [6, 6.07) is 4.96. The van der Waals surface area contributed by atoms with Gasteiger partial charge in [0.05, 0.1) is 21.0 Å². The van der Waals surface area contributed by atoms with Gasteiger partial charge in [0.15, 0.2) is 5.16 Å². The van der Waals surface area contributed by atoms with E-state index >= 15 is 0 Å². The number of nitrogens with one attached hydrogen (secondary N) is 1. The molecule has 10 heteroatoms. The van der Waals surface area contributed by atoms with E-state index in [0.29, 0.717) is 15.7 Å². The van der Waals surface area contributed by atoms with Gasteiger partial charge in [-0.25, -0.2) is 0 Å². The minimum absolute atomic E-state index is 0.00300. The largest absolute Gasteiger partial charge is 0.368 e. The monoisotopic (exact) mass is 358 g/mol. The highest BCUT2D eigenvalue weighted by atomic mass is 35.5. The Bertz CT molecular complexity index is 674. The number of para-hydroxylation sites is 1. The maximum Gasteiger partial charge on any atom is 0.237 e. The Morgan fingerprint density at radius 1 is 1.18 bits per heavy atom. The standard InChI is InChI=1S/C12H12Cl2N6OS/c1-5(22-12-19-10(15)18-11(16)20-12)9(21)17-8-6(13)3-2-4-7(8)14/h2-5H,1H3,(H,17,21)(H4,15,16,18,19,20)/t5-/m1/s1. The number of nitrogen functional groups attached to an aromatic ring is 2. The van der Waals surface area contributed by atoms with Crippen LogP contribution in [0.5, 0.6) is 0 Å². The summed E-state index contributed by atoms with van der Waals surface area (Å²) in [5, 5.41) is 3.12. The van der Waals surface area contributed by atoms with Gasteiger partial charge in [-0.05, 0) is 19.1 Å². The predicted octanol–water partition coefficient (Wildman–Crippen LogP) is 2.46. The molecule has 0 bridgehead atoms. The van der Waals surface area contributed by atoms with Crippen molar-refractivity contribution >= 4 is 58.5 Å². The smallest absolute Gasteiger partial charge is 0.237 e. The van der Waals surface area contributed by atoms with Crippen molar-refractivity contribution in [3.8, 4) is 0 Å². The lowest BCUT2D eigenvalue weighted by Gasteiger charge is -2.13. The van der Waals surface area contributed by atoms with Crippen molar-refractivity contribution in [2.75, 3.05) is 16.8 Å². The summed E-state index contributed by atoms with van der Waals surface area (Å²) in [7, 11) is 0.